The molecule has 0 aliphatic heterocycles. The van der Waals surface area contributed by atoms with Crippen LogP contribution in [-0.2, 0) is 6.54 Å². The number of nitrogens with zero attached hydrogens (tertiary/aromatic N) is 2. The number of hydrogen-bond acceptors (Lipinski definition) is 3. The Hall–Kier alpha value is -1.62. The molecule has 16 heavy (non-hydrogen) atoms. The predicted octanol–water partition coefficient (Wildman–Crippen LogP) is 3.69. The molecule has 1 aromatic heterocycles. The molecule has 0 unspecified atom stereocenters. The number of hydrogen-bond donors (Lipinski definition) is 1. The molecule has 0 aliphatic rings. The van der Waals surface area contributed by atoms with E-state index in [9.17, 15) is 10.0 Å². The highest BCUT2D eigenvalue weighted by molar-refractivity contribution is 9.10. The van der Waals surface area contributed by atoms with Crippen molar-refractivity contribution in [3.63, 3.8) is 0 Å². The molecule has 2 rings (SSSR count). The predicted molar refractivity (Wildman–Crippen MR) is 67.0 cm³/mol. The van der Waals surface area contributed by atoms with Crippen molar-refractivity contribution in [3.8, 4) is 5.88 Å². The van der Waals surface area contributed by atoms with Gasteiger partial charge in [-0.3, -0.25) is 0 Å². The van der Waals surface area contributed by atoms with Gasteiger partial charge in [0.25, 0.3) is 0 Å². The molecule has 1 N–H and O–H groups in total. The minimum Gasteiger partial charge on any atom is -0.493 e. The van der Waals surface area contributed by atoms with Crippen LogP contribution >= 0.6 is 15.9 Å². The number of fused-ring (bicyclic) bond motifs is 1. The Kier molecular flexibility index (Phi) is 2.78. The van der Waals surface area contributed by atoms with E-state index in [1.165, 1.54) is 0 Å². The molecule has 82 valence electrons. The lowest BCUT2D eigenvalue weighted by Gasteiger charge is -2.02. The van der Waals surface area contributed by atoms with E-state index >= 15 is 0 Å². The Bertz CT molecular complexity index is 575. The minimum absolute atomic E-state index is 0.0735. The molecule has 0 bridgehead atoms. The first kappa shape index (κ1) is 10.9. The van der Waals surface area contributed by atoms with Gasteiger partial charge >= 0.3 is 0 Å². The van der Waals surface area contributed by atoms with Gasteiger partial charge in [-0.15, -0.1) is 11.5 Å². The number of aromatic hydroxyl groups is 1. The summed E-state index contributed by atoms with van der Waals surface area (Å²) in [6.07, 6.45) is 1.65. The van der Waals surface area contributed by atoms with Gasteiger partial charge in [0, 0.05) is 16.4 Å². The monoisotopic (exact) mass is 280 g/mol. The van der Waals surface area contributed by atoms with Crippen molar-refractivity contribution < 1.29 is 5.11 Å². The molecular formula is C11H9BrN2O2. The van der Waals surface area contributed by atoms with Gasteiger partial charge < -0.3 is 9.67 Å². The smallest absolute Gasteiger partial charge is 0.222 e. The molecule has 0 fully saturated rings. The maximum absolute atomic E-state index is 10.7. The van der Waals surface area contributed by atoms with Gasteiger partial charge in [0.2, 0.25) is 5.88 Å². The molecule has 1 aromatic carbocycles. The zero-order chi connectivity index (χ0) is 11.7. The second-order valence-corrected chi connectivity index (χ2v) is 4.24. The van der Waals surface area contributed by atoms with E-state index in [-0.39, 0.29) is 11.6 Å². The highest BCUT2D eigenvalue weighted by atomic mass is 79.9. The third-order valence-corrected chi connectivity index (χ3v) is 2.87. The number of halogens is 1. The fourth-order valence-electron chi connectivity index (χ4n) is 1.69. The van der Waals surface area contributed by atoms with Gasteiger partial charge in [-0.25, -0.2) is 0 Å². The average molecular weight is 281 g/mol. The molecule has 2 aromatic rings. The Labute approximate surface area is 100 Å². The van der Waals surface area contributed by atoms with Crippen LogP contribution in [0.25, 0.3) is 10.9 Å². The molecule has 0 saturated carbocycles. The highest BCUT2D eigenvalue weighted by Gasteiger charge is 2.16. The van der Waals surface area contributed by atoms with Crippen molar-refractivity contribution in [1.82, 2.24) is 4.57 Å². The van der Waals surface area contributed by atoms with Crippen molar-refractivity contribution in [1.29, 1.82) is 0 Å². The van der Waals surface area contributed by atoms with Gasteiger partial charge in [0.05, 0.1) is 5.52 Å². The van der Waals surface area contributed by atoms with Gasteiger partial charge in [-0.2, -0.15) is 0 Å². The first-order valence-corrected chi connectivity index (χ1v) is 5.43. The van der Waals surface area contributed by atoms with E-state index in [4.69, 9.17) is 0 Å². The Morgan fingerprint density at radius 3 is 2.94 bits per heavy atom. The quantitative estimate of drug-likeness (QED) is 0.689. The summed E-state index contributed by atoms with van der Waals surface area (Å²) >= 11 is 3.34. The Morgan fingerprint density at radius 2 is 2.31 bits per heavy atom. The van der Waals surface area contributed by atoms with Crippen LogP contribution < -0.4 is 0 Å². The van der Waals surface area contributed by atoms with Crippen LogP contribution in [0.1, 0.15) is 0 Å². The number of benzene rings is 1. The van der Waals surface area contributed by atoms with Crippen molar-refractivity contribution in [3.05, 3.63) is 40.2 Å². The lowest BCUT2D eigenvalue weighted by atomic mass is 10.2. The van der Waals surface area contributed by atoms with Gasteiger partial charge in [-0.1, -0.05) is 22.0 Å². The first-order chi connectivity index (χ1) is 7.69. The van der Waals surface area contributed by atoms with Crippen molar-refractivity contribution in [2.24, 2.45) is 5.18 Å². The van der Waals surface area contributed by atoms with Crippen LogP contribution in [0.5, 0.6) is 5.88 Å². The molecule has 0 spiro atoms. The van der Waals surface area contributed by atoms with Crippen LogP contribution in [0.2, 0.25) is 0 Å². The molecular weight excluding hydrogens is 272 g/mol. The van der Waals surface area contributed by atoms with E-state index < -0.39 is 0 Å². The summed E-state index contributed by atoms with van der Waals surface area (Å²) in [4.78, 5) is 10.7. The molecule has 0 atom stereocenters. The molecule has 4 nitrogen and oxygen atoms in total. The zero-order valence-electron chi connectivity index (χ0n) is 8.35. The summed E-state index contributed by atoms with van der Waals surface area (Å²) in [5, 5.41) is 13.3. The number of aromatic nitrogens is 1. The maximum Gasteiger partial charge on any atom is 0.222 e. The maximum atomic E-state index is 10.7. The lowest BCUT2D eigenvalue weighted by Crippen LogP contribution is -1.93. The van der Waals surface area contributed by atoms with E-state index in [0.717, 1.165) is 9.99 Å². The van der Waals surface area contributed by atoms with Crippen LogP contribution in [0.3, 0.4) is 0 Å². The second kappa shape index (κ2) is 4.09. The summed E-state index contributed by atoms with van der Waals surface area (Å²) in [5.41, 5.74) is 0.825. The van der Waals surface area contributed by atoms with Crippen LogP contribution in [0.15, 0.2) is 40.5 Å². The van der Waals surface area contributed by atoms with Crippen molar-refractivity contribution in [2.45, 2.75) is 6.54 Å². The largest absolute Gasteiger partial charge is 0.493 e. The minimum atomic E-state index is -0.122. The summed E-state index contributed by atoms with van der Waals surface area (Å²) in [7, 11) is 0. The fourth-order valence-corrected chi connectivity index (χ4v) is 2.04. The van der Waals surface area contributed by atoms with Crippen LogP contribution in [-0.4, -0.2) is 9.67 Å². The fraction of sp³-hybridized carbons (Fsp3) is 0.0909. The molecule has 0 radical (unpaired) electrons. The third-order valence-electron chi connectivity index (χ3n) is 2.38. The summed E-state index contributed by atoms with van der Waals surface area (Å²) in [6, 6.07) is 5.37. The number of allylic oxidation sites excluding steroid dienone is 1. The van der Waals surface area contributed by atoms with Crippen molar-refractivity contribution in [2.75, 3.05) is 0 Å². The van der Waals surface area contributed by atoms with Gasteiger partial charge in [-0.05, 0) is 23.4 Å². The molecule has 0 aliphatic carbocycles. The molecule has 5 heteroatoms. The van der Waals surface area contributed by atoms with Crippen LogP contribution in [0, 0.1) is 4.91 Å². The summed E-state index contributed by atoms with van der Waals surface area (Å²) in [5.74, 6) is -0.122. The number of rotatable bonds is 3. The van der Waals surface area contributed by atoms with E-state index in [1.54, 1.807) is 22.8 Å². The summed E-state index contributed by atoms with van der Waals surface area (Å²) < 4.78 is 2.46. The first-order valence-electron chi connectivity index (χ1n) is 4.64. The van der Waals surface area contributed by atoms with Gasteiger partial charge in [0.1, 0.15) is 0 Å². The third kappa shape index (κ3) is 1.53. The van der Waals surface area contributed by atoms with Gasteiger partial charge in [0.15, 0.2) is 5.69 Å². The van der Waals surface area contributed by atoms with Crippen molar-refractivity contribution >= 4 is 32.5 Å². The average Bonchev–Trinajstić information content (AvgIpc) is 2.52. The highest BCUT2D eigenvalue weighted by Crippen LogP contribution is 2.39. The van der Waals surface area contributed by atoms with E-state index in [2.05, 4.69) is 27.7 Å². The second-order valence-electron chi connectivity index (χ2n) is 3.32. The Balaban J connectivity index is 2.85. The normalized spacial score (nSPS) is 10.6. The molecule has 1 heterocycles. The lowest BCUT2D eigenvalue weighted by molar-refractivity contribution is 0.431. The topological polar surface area (TPSA) is 54.6 Å². The standard InChI is InChI=1S/C11H9BrN2O2/c1-2-5-14-9-6-7(12)3-4-8(9)10(13-16)11(14)15/h2-4,6,15H,1,5H2. The van der Waals surface area contributed by atoms with E-state index in [1.807, 2.05) is 6.07 Å². The van der Waals surface area contributed by atoms with E-state index in [0.29, 0.717) is 11.9 Å². The SMILES string of the molecule is C=CCn1c(O)c(N=O)c2ccc(Br)cc21. The zero-order valence-corrected chi connectivity index (χ0v) is 9.94. The number of nitroso groups, excluding NO2 is 1. The molecule has 0 saturated heterocycles. The molecule has 0 amide bonds. The van der Waals surface area contributed by atoms with Crippen LogP contribution in [0.4, 0.5) is 5.69 Å². The Morgan fingerprint density at radius 1 is 1.56 bits per heavy atom. The summed E-state index contributed by atoms with van der Waals surface area (Å²) in [6.45, 7) is 4.03.